The predicted octanol–water partition coefficient (Wildman–Crippen LogP) is 2.35. The molecule has 1 aliphatic rings. The van der Waals surface area contributed by atoms with E-state index in [2.05, 4.69) is 22.9 Å². The number of para-hydroxylation sites is 1. The van der Waals surface area contributed by atoms with Crippen molar-refractivity contribution >= 4 is 0 Å². The maximum atomic E-state index is 8.99. The molecular formula is C17H25N3O. The van der Waals surface area contributed by atoms with Gasteiger partial charge >= 0.3 is 0 Å². The Kier molecular flexibility index (Phi) is 6.52. The lowest BCUT2D eigenvalue weighted by molar-refractivity contribution is 0.233. The highest BCUT2D eigenvalue weighted by Gasteiger charge is 2.11. The first-order valence-corrected chi connectivity index (χ1v) is 7.82. The molecule has 1 saturated heterocycles. The maximum absolute atomic E-state index is 8.99. The van der Waals surface area contributed by atoms with Crippen LogP contribution >= 0.6 is 0 Å². The van der Waals surface area contributed by atoms with E-state index in [-0.39, 0.29) is 0 Å². The summed E-state index contributed by atoms with van der Waals surface area (Å²) in [6.07, 6.45) is 3.70. The molecule has 0 N–H and O–H groups in total. The summed E-state index contributed by atoms with van der Waals surface area (Å²) >= 11 is 0. The second-order valence-corrected chi connectivity index (χ2v) is 5.66. The predicted molar refractivity (Wildman–Crippen MR) is 84.4 cm³/mol. The fraction of sp³-hybridized carbons (Fsp3) is 0.588. The third-order valence-electron chi connectivity index (χ3n) is 3.95. The van der Waals surface area contributed by atoms with Gasteiger partial charge in [0.1, 0.15) is 11.8 Å². The van der Waals surface area contributed by atoms with Crippen LogP contribution in [0, 0.1) is 11.3 Å². The molecule has 0 bridgehead atoms. The molecular weight excluding hydrogens is 262 g/mol. The van der Waals surface area contributed by atoms with Gasteiger partial charge in [-0.25, -0.2) is 0 Å². The summed E-state index contributed by atoms with van der Waals surface area (Å²) in [5.41, 5.74) is 0.611. The van der Waals surface area contributed by atoms with Crippen molar-refractivity contribution in [1.29, 1.82) is 5.26 Å². The van der Waals surface area contributed by atoms with Crippen molar-refractivity contribution < 1.29 is 4.74 Å². The quantitative estimate of drug-likeness (QED) is 0.688. The van der Waals surface area contributed by atoms with Gasteiger partial charge in [0.2, 0.25) is 0 Å². The van der Waals surface area contributed by atoms with E-state index in [1.54, 1.807) is 6.07 Å². The van der Waals surface area contributed by atoms with Crippen LogP contribution in [0.5, 0.6) is 5.75 Å². The van der Waals surface area contributed by atoms with Gasteiger partial charge in [0.25, 0.3) is 0 Å². The highest BCUT2D eigenvalue weighted by molar-refractivity contribution is 5.42. The molecule has 1 heterocycles. The van der Waals surface area contributed by atoms with Crippen LogP contribution in [-0.4, -0.2) is 56.2 Å². The van der Waals surface area contributed by atoms with Gasteiger partial charge in [-0.1, -0.05) is 12.1 Å². The minimum Gasteiger partial charge on any atom is -0.492 e. The molecule has 1 aliphatic heterocycles. The molecule has 0 amide bonds. The largest absolute Gasteiger partial charge is 0.492 e. The van der Waals surface area contributed by atoms with Gasteiger partial charge in [0, 0.05) is 19.6 Å². The zero-order chi connectivity index (χ0) is 14.9. The monoisotopic (exact) mass is 287 g/mol. The number of likely N-dealkylation sites (N-methyl/N-ethyl adjacent to an activating group) is 1. The maximum Gasteiger partial charge on any atom is 0.137 e. The standard InChI is InChI=1S/C17H25N3O/c1-19(12-13-20-10-4-5-11-20)9-6-14-21-17-8-3-2-7-16(17)15-18/h2-3,7-8H,4-6,9-14H2,1H3. The number of hydrogen-bond donors (Lipinski definition) is 0. The van der Waals surface area contributed by atoms with Crippen molar-refractivity contribution in [3.8, 4) is 11.8 Å². The lowest BCUT2D eigenvalue weighted by atomic mass is 10.2. The van der Waals surface area contributed by atoms with Crippen molar-refractivity contribution in [1.82, 2.24) is 9.80 Å². The van der Waals surface area contributed by atoms with Gasteiger partial charge in [0.15, 0.2) is 0 Å². The lowest BCUT2D eigenvalue weighted by Gasteiger charge is -2.21. The zero-order valence-electron chi connectivity index (χ0n) is 12.9. The Morgan fingerprint density at radius 2 is 2.00 bits per heavy atom. The Labute approximate surface area is 127 Å². The van der Waals surface area contributed by atoms with Crippen LogP contribution < -0.4 is 4.74 Å². The van der Waals surface area contributed by atoms with Crippen LogP contribution in [0.1, 0.15) is 24.8 Å². The summed E-state index contributed by atoms with van der Waals surface area (Å²) in [5.74, 6) is 0.694. The molecule has 0 radical (unpaired) electrons. The van der Waals surface area contributed by atoms with Crippen molar-refractivity contribution in [2.24, 2.45) is 0 Å². The van der Waals surface area contributed by atoms with Gasteiger partial charge in [-0.2, -0.15) is 5.26 Å². The van der Waals surface area contributed by atoms with E-state index in [9.17, 15) is 0 Å². The van der Waals surface area contributed by atoms with Gasteiger partial charge in [-0.05, 0) is 51.5 Å². The molecule has 0 aromatic heterocycles. The first kappa shape index (κ1) is 15.8. The van der Waals surface area contributed by atoms with E-state index in [0.717, 1.165) is 19.5 Å². The number of benzene rings is 1. The molecule has 1 aromatic rings. The molecule has 0 unspecified atom stereocenters. The average Bonchev–Trinajstić information content (AvgIpc) is 3.03. The van der Waals surface area contributed by atoms with Crippen LogP contribution in [0.3, 0.4) is 0 Å². The molecule has 114 valence electrons. The first-order valence-electron chi connectivity index (χ1n) is 7.82. The van der Waals surface area contributed by atoms with Gasteiger partial charge in [0.05, 0.1) is 12.2 Å². The minimum atomic E-state index is 0.611. The van der Waals surface area contributed by atoms with Crippen molar-refractivity contribution in [2.45, 2.75) is 19.3 Å². The SMILES string of the molecule is CN(CCCOc1ccccc1C#N)CCN1CCCC1. The van der Waals surface area contributed by atoms with Crippen LogP contribution in [0.2, 0.25) is 0 Å². The van der Waals surface area contributed by atoms with E-state index in [1.165, 1.54) is 32.5 Å². The van der Waals surface area contributed by atoms with Crippen LogP contribution in [0.25, 0.3) is 0 Å². The van der Waals surface area contributed by atoms with E-state index in [1.807, 2.05) is 18.2 Å². The molecule has 21 heavy (non-hydrogen) atoms. The minimum absolute atomic E-state index is 0.611. The van der Waals surface area contributed by atoms with Gasteiger partial charge in [-0.3, -0.25) is 0 Å². The van der Waals surface area contributed by atoms with E-state index in [0.29, 0.717) is 17.9 Å². The third kappa shape index (κ3) is 5.37. The molecule has 0 atom stereocenters. The summed E-state index contributed by atoms with van der Waals surface area (Å²) in [6.45, 7) is 6.52. The van der Waals surface area contributed by atoms with E-state index >= 15 is 0 Å². The molecule has 1 fully saturated rings. The Bertz CT molecular complexity index is 463. The van der Waals surface area contributed by atoms with E-state index in [4.69, 9.17) is 10.00 Å². The topological polar surface area (TPSA) is 39.5 Å². The van der Waals surface area contributed by atoms with E-state index < -0.39 is 0 Å². The summed E-state index contributed by atoms with van der Waals surface area (Å²) in [7, 11) is 2.17. The van der Waals surface area contributed by atoms with Crippen molar-refractivity contribution in [2.75, 3.05) is 46.4 Å². The first-order chi connectivity index (χ1) is 10.3. The molecule has 4 heteroatoms. The molecule has 2 rings (SSSR count). The Morgan fingerprint density at radius 1 is 1.24 bits per heavy atom. The number of likely N-dealkylation sites (tertiary alicyclic amines) is 1. The lowest BCUT2D eigenvalue weighted by Crippen LogP contribution is -2.32. The Balaban J connectivity index is 1.59. The normalized spacial score (nSPS) is 15.3. The summed E-state index contributed by atoms with van der Waals surface area (Å²) < 4.78 is 5.70. The third-order valence-corrected chi connectivity index (χ3v) is 3.95. The smallest absolute Gasteiger partial charge is 0.137 e. The zero-order valence-corrected chi connectivity index (χ0v) is 12.9. The van der Waals surface area contributed by atoms with Gasteiger partial charge in [-0.15, -0.1) is 0 Å². The number of hydrogen-bond acceptors (Lipinski definition) is 4. The summed E-state index contributed by atoms with van der Waals surface area (Å²) in [4.78, 5) is 4.90. The number of rotatable bonds is 8. The Morgan fingerprint density at radius 3 is 2.76 bits per heavy atom. The summed E-state index contributed by atoms with van der Waals surface area (Å²) in [5, 5.41) is 8.99. The highest BCUT2D eigenvalue weighted by atomic mass is 16.5. The molecule has 0 saturated carbocycles. The van der Waals surface area contributed by atoms with Crippen molar-refractivity contribution in [3.63, 3.8) is 0 Å². The highest BCUT2D eigenvalue weighted by Crippen LogP contribution is 2.16. The van der Waals surface area contributed by atoms with Crippen LogP contribution in [0.15, 0.2) is 24.3 Å². The molecule has 0 spiro atoms. The second kappa shape index (κ2) is 8.66. The van der Waals surface area contributed by atoms with Crippen molar-refractivity contribution in [3.05, 3.63) is 29.8 Å². The van der Waals surface area contributed by atoms with Crippen LogP contribution in [-0.2, 0) is 0 Å². The number of nitriles is 1. The summed E-state index contributed by atoms with van der Waals surface area (Å²) in [6, 6.07) is 9.56. The van der Waals surface area contributed by atoms with Crippen LogP contribution in [0.4, 0.5) is 0 Å². The molecule has 4 nitrogen and oxygen atoms in total. The molecule has 1 aromatic carbocycles. The fourth-order valence-electron chi connectivity index (χ4n) is 2.63. The second-order valence-electron chi connectivity index (χ2n) is 5.66. The average molecular weight is 287 g/mol. The number of ether oxygens (including phenoxy) is 1. The van der Waals surface area contributed by atoms with Gasteiger partial charge < -0.3 is 14.5 Å². The molecule has 0 aliphatic carbocycles. The fourth-order valence-corrected chi connectivity index (χ4v) is 2.63. The number of nitrogens with zero attached hydrogens (tertiary/aromatic N) is 3. The Hall–Kier alpha value is -1.57.